The van der Waals surface area contributed by atoms with E-state index in [4.69, 9.17) is 28.0 Å². The Kier molecular flexibility index (Phi) is 46.5. The number of methoxy groups -OCH3 is 2. The summed E-state index contributed by atoms with van der Waals surface area (Å²) in [6.07, 6.45) is 11.4. The van der Waals surface area contributed by atoms with Crippen molar-refractivity contribution in [2.24, 2.45) is 57.5 Å². The molecule has 0 saturated heterocycles. The molecule has 6 aliphatic rings. The lowest BCUT2D eigenvalue weighted by Crippen LogP contribution is -2.43. The van der Waals surface area contributed by atoms with Gasteiger partial charge < -0.3 is 38.7 Å². The number of benzene rings is 1. The third-order valence-corrected chi connectivity index (χ3v) is 18.1. The summed E-state index contributed by atoms with van der Waals surface area (Å²) in [5.41, 5.74) is 5.93. The number of aryl methyl sites for hydroxylation is 4. The summed E-state index contributed by atoms with van der Waals surface area (Å²) in [6.45, 7) is 63.6. The highest BCUT2D eigenvalue weighted by Crippen LogP contribution is 2.45. The monoisotopic (exact) mass is 1560 g/mol. The Morgan fingerprint density at radius 1 is 0.604 bits per heavy atom. The molecule has 0 radical (unpaired) electrons. The Morgan fingerprint density at radius 2 is 1.16 bits per heavy atom. The maximum absolute atomic E-state index is 13.0. The lowest BCUT2D eigenvalue weighted by Gasteiger charge is -2.44. The zero-order valence-corrected chi connectivity index (χ0v) is 72.5. The average molecular weight is 1560 g/mol. The van der Waals surface area contributed by atoms with E-state index in [0.29, 0.717) is 106 Å². The number of amidine groups is 1. The van der Waals surface area contributed by atoms with E-state index in [1.807, 2.05) is 137 Å². The van der Waals surface area contributed by atoms with Crippen LogP contribution in [0.1, 0.15) is 306 Å². The summed E-state index contributed by atoms with van der Waals surface area (Å²) in [4.78, 5) is 56.9. The highest BCUT2D eigenvalue weighted by Gasteiger charge is 2.45. The number of hydrogen-bond acceptors (Lipinski definition) is 21. The Morgan fingerprint density at radius 3 is 1.36 bits per heavy atom. The summed E-state index contributed by atoms with van der Waals surface area (Å²) >= 11 is 0. The molecule has 1 aromatic carbocycles. The van der Waals surface area contributed by atoms with E-state index in [0.717, 1.165) is 47.6 Å². The fraction of sp³-hybridized carbons (Fsp3) is 0.655. The number of carbonyl (C=O) groups excluding carboxylic acids is 3. The van der Waals surface area contributed by atoms with Gasteiger partial charge in [-0.05, 0) is 113 Å². The Bertz CT molecular complexity index is 3730. The number of nitrogens with zero attached hydrogens (tertiary/aromatic N) is 13. The van der Waals surface area contributed by atoms with E-state index in [1.54, 1.807) is 17.9 Å². The molecule has 2 fully saturated rings. The summed E-state index contributed by atoms with van der Waals surface area (Å²) in [5, 5.41) is 39.8. The molecule has 0 atom stereocenters. The SMILES string of the molecule is C.C=C1C(=O)C(C(C)C)=C1O.CC(C)C1=NCC=N1.CC(C)C1=NCNC1=O.CC(C)c1ncn[nH]1.CC(C)c1ncnn1C.CC1=C(C(C)C)C(=O)NC1.COC1(C(C)C)CC1.COC1(C(C)C)CCC1.Cc1c(F)cc(C(C)C)cc1F.Cc1cc(C(C)C)on1.Cc1nnc(C(C)C)o1.Cc1noc(C(C)C)n1. The number of ether oxygens (including phenoxy) is 2. The molecule has 111 heavy (non-hydrogen) atoms. The standard InChI is InChI=1S/C10H12F2.C8H13NO.C8H10O2.C8H16O.C7H11NO.C7H14O.C6H11N3.3C6H10N2O.C6H10N2.C5H9N3.CH4/c1-6(2)8-4-9(11)7(3)10(12)5-8;1-5(2)7-6(3)4-9-8(7)10;1-4(2)6-7(9)5(3)8(6)10;1-7(2)8(9-3)5-4-6-8;1-5(2)7-4-6(3)8-9-7;1-6(2)7(8-3)4-5-7;1-5(2)6-7-4-8-9(6)3;1-4(2)5-6(9)8-3-7-5;1-4(2)6-8-7-5(3)9-6;1-4(2)6-7-5(3)8-9-6;1-5(2)6-7-3-4-8-6;1-4(2)5-6-3-7-8-5;/h4-6H,1-3H3;5H,4H2,1-3H3,(H,9,10);4,9H,3H2,1-2H3;7H,4-6H2,1-3H3;4-5H,1-3H3;6H,4-5H2,1-3H3;4-5H,1-3H3;4H,3H2,1-2H3,(H,8,9);2*4H,1-3H3;3,5H,4H2,1-2H3;3-4H,1-2H3,(H,6,7,8);1H4. The molecule has 624 valence electrons. The molecule has 0 unspecified atom stereocenters. The normalized spacial score (nSPS) is 15.1. The number of hydrogen-bond donors (Lipinski definition) is 4. The molecule has 12 rings (SSSR count). The second kappa shape index (κ2) is 50.4. The van der Waals surface area contributed by atoms with E-state index in [1.165, 1.54) is 63.1 Å². The number of Topliss-reactive ketones (excluding diaryl/α,β-unsaturated/α-hetero) is 1. The molecule has 3 aliphatic carbocycles. The first-order valence-electron chi connectivity index (χ1n) is 38.6. The zero-order valence-electron chi connectivity index (χ0n) is 72.5. The Hall–Kier alpha value is -8.59. The molecule has 8 heterocycles. The van der Waals surface area contributed by atoms with Gasteiger partial charge in [-0.1, -0.05) is 190 Å². The van der Waals surface area contributed by atoms with Crippen molar-refractivity contribution in [1.82, 2.24) is 66.1 Å². The van der Waals surface area contributed by atoms with E-state index < -0.39 is 11.6 Å². The minimum Gasteiger partial charge on any atom is -0.507 e. The molecule has 3 aliphatic heterocycles. The van der Waals surface area contributed by atoms with Crippen LogP contribution in [0, 0.1) is 74.8 Å². The van der Waals surface area contributed by atoms with Crippen LogP contribution in [0.25, 0.3) is 0 Å². The third kappa shape index (κ3) is 35.3. The lowest BCUT2D eigenvalue weighted by atomic mass is 9.72. The van der Waals surface area contributed by atoms with Crippen LogP contribution < -0.4 is 10.6 Å². The quantitative estimate of drug-likeness (QED) is 0.0736. The number of allylic oxidation sites excluding steroid dienone is 2. The first-order chi connectivity index (χ1) is 51.3. The molecule has 2 amide bonds. The van der Waals surface area contributed by atoms with Crippen molar-refractivity contribution < 1.29 is 51.2 Å². The second-order valence-corrected chi connectivity index (χ2v) is 31.3. The van der Waals surface area contributed by atoms with Crippen LogP contribution >= 0.6 is 0 Å². The first-order valence-corrected chi connectivity index (χ1v) is 38.6. The van der Waals surface area contributed by atoms with E-state index >= 15 is 0 Å². The van der Waals surface area contributed by atoms with E-state index in [2.05, 4.69) is 166 Å². The molecule has 27 heteroatoms. The van der Waals surface area contributed by atoms with E-state index in [9.17, 15) is 23.2 Å². The third-order valence-electron chi connectivity index (χ3n) is 18.1. The van der Waals surface area contributed by atoms with Gasteiger partial charge in [0.25, 0.3) is 5.91 Å². The van der Waals surface area contributed by atoms with Gasteiger partial charge in [0.1, 0.15) is 65.7 Å². The predicted molar refractivity (Wildman–Crippen MR) is 441 cm³/mol. The number of halogens is 2. The zero-order chi connectivity index (χ0) is 84.2. The predicted octanol–water partition coefficient (Wildman–Crippen LogP) is 19.0. The van der Waals surface area contributed by atoms with Crippen LogP contribution in [0.15, 0.2) is 93.9 Å². The number of H-pyrrole nitrogens is 1. The number of ketones is 1. The number of rotatable bonds is 14. The molecular weight excluding hydrogens is 1420 g/mol. The van der Waals surface area contributed by atoms with Crippen molar-refractivity contribution in [2.45, 2.75) is 287 Å². The van der Waals surface area contributed by atoms with Crippen LogP contribution in [0.5, 0.6) is 0 Å². The molecule has 25 nitrogen and oxygen atoms in total. The van der Waals surface area contributed by atoms with Crippen molar-refractivity contribution in [3.8, 4) is 0 Å². The van der Waals surface area contributed by atoms with Crippen molar-refractivity contribution in [2.75, 3.05) is 34.0 Å². The Balaban J connectivity index is 0.00000119. The highest BCUT2D eigenvalue weighted by molar-refractivity contribution is 6.40. The van der Waals surface area contributed by atoms with Crippen LogP contribution in [0.4, 0.5) is 8.78 Å². The number of aliphatic imine (C=N–C) groups is 3. The van der Waals surface area contributed by atoms with Gasteiger partial charge in [-0.15, -0.1) is 10.2 Å². The largest absolute Gasteiger partial charge is 0.507 e. The Labute approximate surface area is 663 Å². The van der Waals surface area contributed by atoms with Crippen LogP contribution in [-0.4, -0.2) is 141 Å². The molecule has 4 N–H and O–H groups in total. The van der Waals surface area contributed by atoms with Gasteiger partial charge in [0.2, 0.25) is 23.6 Å². The molecule has 0 bridgehead atoms. The van der Waals surface area contributed by atoms with Crippen molar-refractivity contribution in [3.05, 3.63) is 135 Å². The number of aliphatic hydroxyl groups excluding tert-OH is 1. The number of aromatic nitrogens is 11. The lowest BCUT2D eigenvalue weighted by molar-refractivity contribution is -0.117. The van der Waals surface area contributed by atoms with Crippen molar-refractivity contribution in [3.63, 3.8) is 0 Å². The van der Waals surface area contributed by atoms with Gasteiger partial charge in [-0.25, -0.2) is 23.7 Å². The van der Waals surface area contributed by atoms with Gasteiger partial charge in [-0.2, -0.15) is 15.2 Å². The van der Waals surface area contributed by atoms with Gasteiger partial charge >= 0.3 is 0 Å². The highest BCUT2D eigenvalue weighted by atomic mass is 19.1. The number of carbonyl (C=O) groups is 3. The topological polar surface area (TPSA) is 327 Å². The van der Waals surface area contributed by atoms with E-state index in [-0.39, 0.29) is 65.3 Å². The average Bonchev–Trinajstić information content (AvgIpc) is 1.74. The molecular formula is C84H140F2N16O9. The fourth-order valence-corrected chi connectivity index (χ4v) is 10.6. The maximum Gasteiger partial charge on any atom is 0.266 e. The molecule has 6 aromatic rings. The summed E-state index contributed by atoms with van der Waals surface area (Å²) < 4.78 is 53.4. The minimum absolute atomic E-state index is 0. The van der Waals surface area contributed by atoms with Crippen LogP contribution in [0.2, 0.25) is 0 Å². The summed E-state index contributed by atoms with van der Waals surface area (Å²) in [7, 11) is 5.55. The maximum atomic E-state index is 13.0. The minimum atomic E-state index is -0.460. The number of aliphatic hydroxyl groups is 1. The smallest absolute Gasteiger partial charge is 0.266 e. The van der Waals surface area contributed by atoms with Crippen molar-refractivity contribution in [1.29, 1.82) is 0 Å². The molecule has 2 saturated carbocycles. The van der Waals surface area contributed by atoms with Gasteiger partial charge in [-0.3, -0.25) is 34.1 Å². The fourth-order valence-electron chi connectivity index (χ4n) is 10.6. The number of nitrogens with one attached hydrogen (secondary N) is 3. The molecule has 0 spiro atoms. The van der Waals surface area contributed by atoms with Crippen LogP contribution in [-0.2, 0) is 30.9 Å². The van der Waals surface area contributed by atoms with Gasteiger partial charge in [0, 0.05) is 105 Å². The second-order valence-electron chi connectivity index (χ2n) is 31.3. The summed E-state index contributed by atoms with van der Waals surface area (Å²) in [5.74, 6) is 10.7. The number of amides is 2. The summed E-state index contributed by atoms with van der Waals surface area (Å²) in [6, 6.07) is 4.75. The molecule has 5 aromatic heterocycles. The van der Waals surface area contributed by atoms with Crippen LogP contribution in [0.3, 0.4) is 0 Å². The number of aromatic amines is 1. The first kappa shape index (κ1) is 102. The van der Waals surface area contributed by atoms with Crippen molar-refractivity contribution >= 4 is 35.4 Å². The van der Waals surface area contributed by atoms with Gasteiger partial charge in [0.15, 0.2) is 11.6 Å². The van der Waals surface area contributed by atoms with Gasteiger partial charge in [0.05, 0.1) is 29.0 Å².